The predicted molar refractivity (Wildman–Crippen MR) is 75.7 cm³/mol. The molecule has 0 saturated heterocycles. The number of amides is 1. The van der Waals surface area contributed by atoms with Crippen molar-refractivity contribution in [3.05, 3.63) is 30.3 Å². The van der Waals surface area contributed by atoms with Gasteiger partial charge in [0.25, 0.3) is 0 Å². The Bertz CT molecular complexity index is 505. The molecule has 2 rings (SSSR count). The van der Waals surface area contributed by atoms with Crippen LogP contribution >= 0.6 is 11.8 Å². The molecular formula is C13H17N3OS. The van der Waals surface area contributed by atoms with E-state index in [1.807, 2.05) is 12.1 Å². The van der Waals surface area contributed by atoms with Gasteiger partial charge in [-0.05, 0) is 25.6 Å². The fourth-order valence-electron chi connectivity index (χ4n) is 1.84. The molecule has 0 radical (unpaired) electrons. The van der Waals surface area contributed by atoms with Gasteiger partial charge in [-0.25, -0.2) is 0 Å². The topological polar surface area (TPSA) is 70.9 Å². The molecule has 4 N–H and O–H groups in total. The number of nitrogens with one attached hydrogen (secondary N) is 2. The van der Waals surface area contributed by atoms with Crippen LogP contribution in [0.15, 0.2) is 35.4 Å². The van der Waals surface area contributed by atoms with Crippen molar-refractivity contribution >= 4 is 28.6 Å². The first-order chi connectivity index (χ1) is 8.70. The highest BCUT2D eigenvalue weighted by molar-refractivity contribution is 7.99. The number of fused-ring (bicyclic) bond motifs is 1. The summed E-state index contributed by atoms with van der Waals surface area (Å²) in [6.45, 7) is 0. The Kier molecular flexibility index (Phi) is 4.28. The van der Waals surface area contributed by atoms with Crippen molar-refractivity contribution < 1.29 is 4.79 Å². The molecule has 0 saturated carbocycles. The molecule has 1 unspecified atom stereocenters. The van der Waals surface area contributed by atoms with Gasteiger partial charge in [0.15, 0.2) is 0 Å². The van der Waals surface area contributed by atoms with E-state index < -0.39 is 0 Å². The zero-order valence-corrected chi connectivity index (χ0v) is 11.1. The van der Waals surface area contributed by atoms with Gasteiger partial charge >= 0.3 is 0 Å². The summed E-state index contributed by atoms with van der Waals surface area (Å²) in [5.41, 5.74) is 6.41. The SMILES string of the molecule is CNC(CCSc1cc2ccccc2[nH]1)C(N)=O. The lowest BCUT2D eigenvalue weighted by molar-refractivity contribution is -0.119. The lowest BCUT2D eigenvalue weighted by atomic mass is 10.2. The number of aromatic amines is 1. The number of aromatic nitrogens is 1. The summed E-state index contributed by atoms with van der Waals surface area (Å²) in [6, 6.07) is 10.0. The van der Waals surface area contributed by atoms with Crippen LogP contribution in [0, 0.1) is 0 Å². The summed E-state index contributed by atoms with van der Waals surface area (Å²) in [5.74, 6) is 0.552. The standard InChI is InChI=1S/C13H17N3OS/c1-15-11(13(14)17)6-7-18-12-8-9-4-2-3-5-10(9)16-12/h2-5,8,11,15-16H,6-7H2,1H3,(H2,14,17). The van der Waals surface area contributed by atoms with Gasteiger partial charge < -0.3 is 16.0 Å². The van der Waals surface area contributed by atoms with E-state index in [1.165, 1.54) is 5.39 Å². The number of rotatable bonds is 6. The van der Waals surface area contributed by atoms with Crippen LogP contribution in [0.25, 0.3) is 10.9 Å². The van der Waals surface area contributed by atoms with Crippen molar-refractivity contribution in [1.29, 1.82) is 0 Å². The molecular weight excluding hydrogens is 246 g/mol. The predicted octanol–water partition coefficient (Wildman–Crippen LogP) is 1.72. The number of nitrogens with two attached hydrogens (primary N) is 1. The van der Waals surface area contributed by atoms with Gasteiger partial charge in [0.2, 0.25) is 5.91 Å². The Balaban J connectivity index is 1.92. The number of likely N-dealkylation sites (N-methyl/N-ethyl adjacent to an activating group) is 1. The van der Waals surface area contributed by atoms with E-state index in [9.17, 15) is 4.79 Å². The second kappa shape index (κ2) is 5.93. The summed E-state index contributed by atoms with van der Waals surface area (Å²) in [4.78, 5) is 14.4. The highest BCUT2D eigenvalue weighted by Crippen LogP contribution is 2.23. The number of hydrogen-bond acceptors (Lipinski definition) is 3. The van der Waals surface area contributed by atoms with E-state index >= 15 is 0 Å². The highest BCUT2D eigenvalue weighted by Gasteiger charge is 2.12. The van der Waals surface area contributed by atoms with Gasteiger partial charge in [-0.2, -0.15) is 0 Å². The average molecular weight is 263 g/mol. The van der Waals surface area contributed by atoms with E-state index in [4.69, 9.17) is 5.73 Å². The normalized spacial score (nSPS) is 12.7. The third kappa shape index (κ3) is 3.05. The molecule has 96 valence electrons. The Labute approximate surface area is 110 Å². The summed E-state index contributed by atoms with van der Waals surface area (Å²) >= 11 is 1.70. The lowest BCUT2D eigenvalue weighted by Crippen LogP contribution is -2.39. The maximum absolute atomic E-state index is 11.1. The molecule has 5 heteroatoms. The largest absolute Gasteiger partial charge is 0.368 e. The molecule has 4 nitrogen and oxygen atoms in total. The van der Waals surface area contributed by atoms with E-state index in [0.29, 0.717) is 0 Å². The molecule has 18 heavy (non-hydrogen) atoms. The first-order valence-corrected chi connectivity index (χ1v) is 6.86. The minimum Gasteiger partial charge on any atom is -0.368 e. The van der Waals surface area contributed by atoms with Crippen LogP contribution in [0.3, 0.4) is 0 Å². The zero-order chi connectivity index (χ0) is 13.0. The van der Waals surface area contributed by atoms with E-state index in [-0.39, 0.29) is 11.9 Å². The molecule has 0 spiro atoms. The van der Waals surface area contributed by atoms with Crippen molar-refractivity contribution in [2.45, 2.75) is 17.5 Å². The maximum atomic E-state index is 11.1. The molecule has 0 aliphatic heterocycles. The number of thioether (sulfide) groups is 1. The van der Waals surface area contributed by atoms with Crippen molar-refractivity contribution in [3.63, 3.8) is 0 Å². The fraction of sp³-hybridized carbons (Fsp3) is 0.308. The van der Waals surface area contributed by atoms with Gasteiger partial charge in [0.05, 0.1) is 11.1 Å². The molecule has 1 atom stereocenters. The van der Waals surface area contributed by atoms with Crippen molar-refractivity contribution in [3.8, 4) is 0 Å². The first kappa shape index (κ1) is 13.0. The van der Waals surface area contributed by atoms with Gasteiger partial charge in [0, 0.05) is 16.7 Å². The quantitative estimate of drug-likeness (QED) is 0.695. The third-order valence-electron chi connectivity index (χ3n) is 2.86. The van der Waals surface area contributed by atoms with Gasteiger partial charge in [-0.15, -0.1) is 11.8 Å². The van der Waals surface area contributed by atoms with E-state index in [0.717, 1.165) is 22.7 Å². The summed E-state index contributed by atoms with van der Waals surface area (Å²) < 4.78 is 0. The molecule has 1 aromatic carbocycles. The zero-order valence-electron chi connectivity index (χ0n) is 10.3. The van der Waals surface area contributed by atoms with Crippen LogP contribution in [-0.2, 0) is 4.79 Å². The number of carbonyl (C=O) groups is 1. The highest BCUT2D eigenvalue weighted by atomic mass is 32.2. The second-order valence-corrected chi connectivity index (χ2v) is 5.24. The second-order valence-electron chi connectivity index (χ2n) is 4.10. The molecule has 0 bridgehead atoms. The lowest BCUT2D eigenvalue weighted by Gasteiger charge is -2.10. The molecule has 1 aromatic heterocycles. The van der Waals surface area contributed by atoms with Crippen LogP contribution in [0.5, 0.6) is 0 Å². The molecule has 1 amide bonds. The number of para-hydroxylation sites is 1. The van der Waals surface area contributed by atoms with Crippen LogP contribution < -0.4 is 11.1 Å². The van der Waals surface area contributed by atoms with E-state index in [1.54, 1.807) is 18.8 Å². The molecule has 0 aliphatic rings. The average Bonchev–Trinajstić information content (AvgIpc) is 2.76. The Morgan fingerprint density at radius 1 is 1.50 bits per heavy atom. The number of primary amides is 1. The monoisotopic (exact) mass is 263 g/mol. The first-order valence-electron chi connectivity index (χ1n) is 5.88. The van der Waals surface area contributed by atoms with Crippen LogP contribution in [0.4, 0.5) is 0 Å². The number of H-pyrrole nitrogens is 1. The van der Waals surface area contributed by atoms with Crippen molar-refractivity contribution in [2.75, 3.05) is 12.8 Å². The Morgan fingerprint density at radius 3 is 2.94 bits per heavy atom. The van der Waals surface area contributed by atoms with Crippen LogP contribution in [0.1, 0.15) is 6.42 Å². The number of carbonyl (C=O) groups excluding carboxylic acids is 1. The summed E-state index contributed by atoms with van der Waals surface area (Å²) in [7, 11) is 1.75. The van der Waals surface area contributed by atoms with Gasteiger partial charge in [0.1, 0.15) is 0 Å². The van der Waals surface area contributed by atoms with Crippen LogP contribution in [0.2, 0.25) is 0 Å². The number of hydrogen-bond donors (Lipinski definition) is 3. The number of benzene rings is 1. The summed E-state index contributed by atoms with van der Waals surface area (Å²) in [5, 5.41) is 5.25. The Hall–Kier alpha value is -1.46. The minimum atomic E-state index is -0.297. The smallest absolute Gasteiger partial charge is 0.234 e. The van der Waals surface area contributed by atoms with Crippen LogP contribution in [-0.4, -0.2) is 29.7 Å². The van der Waals surface area contributed by atoms with Gasteiger partial charge in [-0.1, -0.05) is 18.2 Å². The Morgan fingerprint density at radius 2 is 2.28 bits per heavy atom. The molecule has 0 fully saturated rings. The third-order valence-corrected chi connectivity index (χ3v) is 3.83. The molecule has 0 aliphatic carbocycles. The van der Waals surface area contributed by atoms with Gasteiger partial charge in [-0.3, -0.25) is 4.79 Å². The molecule has 1 heterocycles. The molecule has 2 aromatic rings. The van der Waals surface area contributed by atoms with Crippen molar-refractivity contribution in [2.24, 2.45) is 5.73 Å². The fourth-order valence-corrected chi connectivity index (χ4v) is 2.81. The van der Waals surface area contributed by atoms with Crippen molar-refractivity contribution in [1.82, 2.24) is 10.3 Å². The van der Waals surface area contributed by atoms with E-state index in [2.05, 4.69) is 28.5 Å². The summed E-state index contributed by atoms with van der Waals surface area (Å²) in [6.07, 6.45) is 0.728. The maximum Gasteiger partial charge on any atom is 0.234 e. The minimum absolute atomic E-state index is 0.248.